The van der Waals surface area contributed by atoms with Crippen LogP contribution in [-0.2, 0) is 0 Å². The SMILES string of the molecule is Fc1cc(I)nc(C(F)F)c1. The molecule has 0 aromatic carbocycles. The maximum atomic E-state index is 12.4. The summed E-state index contributed by atoms with van der Waals surface area (Å²) in [5.41, 5.74) is -0.519. The summed E-state index contributed by atoms with van der Waals surface area (Å²) in [5.74, 6) is -0.681. The van der Waals surface area contributed by atoms with Gasteiger partial charge in [-0.05, 0) is 22.6 Å². The van der Waals surface area contributed by atoms with Gasteiger partial charge in [-0.25, -0.2) is 18.2 Å². The summed E-state index contributed by atoms with van der Waals surface area (Å²) in [6, 6.07) is 1.82. The maximum Gasteiger partial charge on any atom is 0.280 e. The Balaban J connectivity index is 3.08. The van der Waals surface area contributed by atoms with Gasteiger partial charge in [0.2, 0.25) is 0 Å². The van der Waals surface area contributed by atoms with Crippen LogP contribution in [0.2, 0.25) is 0 Å². The first-order chi connectivity index (χ1) is 5.09. The number of pyridine rings is 1. The number of halogens is 4. The number of alkyl halides is 2. The van der Waals surface area contributed by atoms with Crippen molar-refractivity contribution in [2.45, 2.75) is 6.43 Å². The molecule has 0 saturated carbocycles. The minimum absolute atomic E-state index is 0.234. The largest absolute Gasteiger partial charge is 0.280 e. The van der Waals surface area contributed by atoms with Crippen LogP contribution in [-0.4, -0.2) is 4.98 Å². The summed E-state index contributed by atoms with van der Waals surface area (Å²) in [4.78, 5) is 3.43. The van der Waals surface area contributed by atoms with E-state index in [-0.39, 0.29) is 3.70 Å². The van der Waals surface area contributed by atoms with E-state index in [0.717, 1.165) is 12.1 Å². The third-order valence-electron chi connectivity index (χ3n) is 1.00. The molecule has 0 aliphatic rings. The molecule has 60 valence electrons. The molecule has 0 atom stereocenters. The van der Waals surface area contributed by atoms with E-state index in [1.54, 1.807) is 22.6 Å². The van der Waals surface area contributed by atoms with Crippen molar-refractivity contribution in [3.05, 3.63) is 27.3 Å². The van der Waals surface area contributed by atoms with Gasteiger partial charge in [-0.2, -0.15) is 0 Å². The molecule has 1 nitrogen and oxygen atoms in total. The lowest BCUT2D eigenvalue weighted by molar-refractivity contribution is 0.145. The fraction of sp³-hybridized carbons (Fsp3) is 0.167. The lowest BCUT2D eigenvalue weighted by atomic mass is 10.3. The Bertz CT molecular complexity index is 244. The Labute approximate surface area is 74.8 Å². The first-order valence-corrected chi connectivity index (χ1v) is 3.78. The van der Waals surface area contributed by atoms with Crippen molar-refractivity contribution in [3.63, 3.8) is 0 Å². The smallest absolute Gasteiger partial charge is 0.241 e. The summed E-state index contributed by atoms with van der Waals surface area (Å²) in [7, 11) is 0. The topological polar surface area (TPSA) is 12.9 Å². The van der Waals surface area contributed by atoms with Crippen LogP contribution in [0.1, 0.15) is 12.1 Å². The molecule has 0 aliphatic carbocycles. The lowest BCUT2D eigenvalue weighted by Crippen LogP contribution is -1.93. The minimum atomic E-state index is -2.71. The molecule has 0 bridgehead atoms. The zero-order chi connectivity index (χ0) is 8.43. The third kappa shape index (κ3) is 2.32. The third-order valence-corrected chi connectivity index (χ3v) is 1.55. The van der Waals surface area contributed by atoms with Crippen molar-refractivity contribution in [3.8, 4) is 0 Å². The van der Waals surface area contributed by atoms with E-state index in [2.05, 4.69) is 4.98 Å². The van der Waals surface area contributed by atoms with Gasteiger partial charge in [0.15, 0.2) is 0 Å². The molecular weight excluding hydrogens is 270 g/mol. The zero-order valence-corrected chi connectivity index (χ0v) is 7.35. The summed E-state index contributed by atoms with van der Waals surface area (Å²) in [6.07, 6.45) is -2.71. The standard InChI is InChI=1S/C6H3F3IN/c7-3-1-4(6(8)9)11-5(10)2-3/h1-2,6H. The summed E-state index contributed by atoms with van der Waals surface area (Å²) >= 11 is 1.68. The van der Waals surface area contributed by atoms with E-state index < -0.39 is 17.9 Å². The summed E-state index contributed by atoms with van der Waals surface area (Å²) < 4.78 is 36.4. The monoisotopic (exact) mass is 273 g/mol. The van der Waals surface area contributed by atoms with Gasteiger partial charge in [-0.3, -0.25) is 0 Å². The molecule has 1 rings (SSSR count). The van der Waals surface area contributed by atoms with Gasteiger partial charge in [0.25, 0.3) is 6.43 Å². The molecule has 0 fully saturated rings. The highest BCUT2D eigenvalue weighted by Crippen LogP contribution is 2.18. The number of rotatable bonds is 1. The molecule has 0 amide bonds. The molecule has 0 radical (unpaired) electrons. The Morgan fingerprint density at radius 3 is 2.45 bits per heavy atom. The number of hydrogen-bond donors (Lipinski definition) is 0. The van der Waals surface area contributed by atoms with E-state index in [0.29, 0.717) is 0 Å². The Hall–Kier alpha value is -0.330. The normalized spacial score (nSPS) is 10.6. The van der Waals surface area contributed by atoms with E-state index in [9.17, 15) is 13.2 Å². The van der Waals surface area contributed by atoms with Crippen molar-refractivity contribution < 1.29 is 13.2 Å². The van der Waals surface area contributed by atoms with Crippen molar-refractivity contribution >= 4 is 22.6 Å². The maximum absolute atomic E-state index is 12.4. The number of aromatic nitrogens is 1. The predicted molar refractivity (Wildman–Crippen MR) is 41.9 cm³/mol. The molecular formula is C6H3F3IN. The highest BCUT2D eigenvalue weighted by molar-refractivity contribution is 14.1. The minimum Gasteiger partial charge on any atom is -0.241 e. The van der Waals surface area contributed by atoms with Crippen LogP contribution >= 0.6 is 22.6 Å². The van der Waals surface area contributed by atoms with Crippen LogP contribution in [0.4, 0.5) is 13.2 Å². The zero-order valence-electron chi connectivity index (χ0n) is 5.19. The fourth-order valence-electron chi connectivity index (χ4n) is 0.596. The van der Waals surface area contributed by atoms with Gasteiger partial charge in [-0.1, -0.05) is 0 Å². The first kappa shape index (κ1) is 8.76. The van der Waals surface area contributed by atoms with E-state index >= 15 is 0 Å². The van der Waals surface area contributed by atoms with Crippen LogP contribution in [0, 0.1) is 9.52 Å². The van der Waals surface area contributed by atoms with Crippen molar-refractivity contribution in [2.24, 2.45) is 0 Å². The molecule has 0 aliphatic heterocycles. The molecule has 0 unspecified atom stereocenters. The van der Waals surface area contributed by atoms with Gasteiger partial charge in [0.05, 0.1) is 0 Å². The average Bonchev–Trinajstić information content (AvgIpc) is 1.85. The van der Waals surface area contributed by atoms with Gasteiger partial charge in [0, 0.05) is 12.1 Å². The van der Waals surface area contributed by atoms with Crippen LogP contribution in [0.5, 0.6) is 0 Å². The molecule has 5 heteroatoms. The summed E-state index contributed by atoms with van der Waals surface area (Å²) in [5, 5.41) is 0. The van der Waals surface area contributed by atoms with Crippen molar-refractivity contribution in [1.29, 1.82) is 0 Å². The first-order valence-electron chi connectivity index (χ1n) is 2.70. The Morgan fingerprint density at radius 1 is 1.36 bits per heavy atom. The van der Waals surface area contributed by atoms with Crippen LogP contribution in [0.15, 0.2) is 12.1 Å². The number of hydrogen-bond acceptors (Lipinski definition) is 1. The Kier molecular flexibility index (Phi) is 2.69. The van der Waals surface area contributed by atoms with Gasteiger partial charge in [0.1, 0.15) is 15.2 Å². The second kappa shape index (κ2) is 3.38. The number of nitrogens with zero attached hydrogens (tertiary/aromatic N) is 1. The molecule has 0 spiro atoms. The highest BCUT2D eigenvalue weighted by Gasteiger charge is 2.10. The highest BCUT2D eigenvalue weighted by atomic mass is 127. The molecule has 0 saturated heterocycles. The second-order valence-electron chi connectivity index (χ2n) is 1.83. The quantitative estimate of drug-likeness (QED) is 0.566. The van der Waals surface area contributed by atoms with E-state index in [4.69, 9.17) is 0 Å². The molecule has 1 aromatic rings. The molecule has 1 aromatic heterocycles. The summed E-state index contributed by atoms with van der Waals surface area (Å²) in [6.45, 7) is 0. The second-order valence-corrected chi connectivity index (χ2v) is 2.94. The molecule has 1 heterocycles. The van der Waals surface area contributed by atoms with Gasteiger partial charge in [-0.15, -0.1) is 0 Å². The van der Waals surface area contributed by atoms with Crippen molar-refractivity contribution in [1.82, 2.24) is 4.98 Å². The predicted octanol–water partition coefficient (Wildman–Crippen LogP) is 2.76. The van der Waals surface area contributed by atoms with E-state index in [1.165, 1.54) is 0 Å². The van der Waals surface area contributed by atoms with Gasteiger partial charge >= 0.3 is 0 Å². The fourth-order valence-corrected chi connectivity index (χ4v) is 1.17. The van der Waals surface area contributed by atoms with Crippen molar-refractivity contribution in [2.75, 3.05) is 0 Å². The van der Waals surface area contributed by atoms with Crippen LogP contribution in [0.3, 0.4) is 0 Å². The molecule has 0 N–H and O–H groups in total. The Morgan fingerprint density at radius 2 is 2.00 bits per heavy atom. The lowest BCUT2D eigenvalue weighted by Gasteiger charge is -1.98. The van der Waals surface area contributed by atoms with E-state index in [1.807, 2.05) is 0 Å². The molecule has 11 heavy (non-hydrogen) atoms. The van der Waals surface area contributed by atoms with Crippen LogP contribution < -0.4 is 0 Å². The van der Waals surface area contributed by atoms with Gasteiger partial charge < -0.3 is 0 Å². The average molecular weight is 273 g/mol. The van der Waals surface area contributed by atoms with Crippen LogP contribution in [0.25, 0.3) is 0 Å².